The molecule has 2 aliphatic heterocycles. The molecule has 0 radical (unpaired) electrons. The first-order valence-corrected chi connectivity index (χ1v) is 12.4. The van der Waals surface area contributed by atoms with Gasteiger partial charge in [-0.05, 0) is 18.2 Å². The number of halogens is 1. The van der Waals surface area contributed by atoms with Crippen molar-refractivity contribution < 1.29 is 23.7 Å². The number of amides is 1. The van der Waals surface area contributed by atoms with Crippen LogP contribution in [0, 0.1) is 5.92 Å². The number of aromatic nitrogens is 1. The van der Waals surface area contributed by atoms with Crippen LogP contribution in [0.15, 0.2) is 47.9 Å². The van der Waals surface area contributed by atoms with Crippen LogP contribution in [0.5, 0.6) is 11.5 Å². The van der Waals surface area contributed by atoms with Crippen molar-refractivity contribution in [3.05, 3.63) is 53.0 Å². The summed E-state index contributed by atoms with van der Waals surface area (Å²) in [6, 6.07) is 7.13. The number of carbonyl (C=O) groups is 1. The van der Waals surface area contributed by atoms with Gasteiger partial charge in [0.2, 0.25) is 0 Å². The van der Waals surface area contributed by atoms with Gasteiger partial charge in [0.15, 0.2) is 11.5 Å². The van der Waals surface area contributed by atoms with E-state index < -0.39 is 0 Å². The molecule has 2 unspecified atom stereocenters. The lowest BCUT2D eigenvalue weighted by Crippen LogP contribution is -2.44. The third-order valence-corrected chi connectivity index (χ3v) is 6.56. The smallest absolute Gasteiger partial charge is 0.256 e. The topological polar surface area (TPSA) is 94.2 Å². The number of nitrogens with zero attached hydrogens (tertiary/aromatic N) is 2. The zero-order chi connectivity index (χ0) is 25.7. The van der Waals surface area contributed by atoms with Crippen LogP contribution in [0.25, 0.3) is 0 Å². The Balaban J connectivity index is 1.65. The summed E-state index contributed by atoms with van der Waals surface area (Å²) in [4.78, 5) is 19.5. The van der Waals surface area contributed by atoms with Crippen LogP contribution in [-0.2, 0) is 14.3 Å². The molecule has 2 aliphatic rings. The predicted octanol–water partition coefficient (Wildman–Crippen LogP) is 3.43. The number of benzene rings is 1. The molecule has 1 aromatic heterocycles. The average Bonchev–Trinajstić information content (AvgIpc) is 2.89. The maximum atomic E-state index is 13.1. The Morgan fingerprint density at radius 2 is 2.19 bits per heavy atom. The Hall–Kier alpha value is -2.92. The summed E-state index contributed by atoms with van der Waals surface area (Å²) >= 11 is 12.0. The van der Waals surface area contributed by atoms with Gasteiger partial charge in [0.1, 0.15) is 17.7 Å². The quantitative estimate of drug-likeness (QED) is 0.496. The van der Waals surface area contributed by atoms with Crippen molar-refractivity contribution in [2.24, 2.45) is 5.92 Å². The molecule has 192 valence electrons. The van der Waals surface area contributed by atoms with Crippen molar-refractivity contribution in [2.45, 2.75) is 13.0 Å². The fourth-order valence-electron chi connectivity index (χ4n) is 4.22. The average molecular weight is 533 g/mol. The molecule has 4 rings (SSSR count). The maximum Gasteiger partial charge on any atom is 0.256 e. The zero-order valence-electron chi connectivity index (χ0n) is 20.4. The molecule has 0 aliphatic carbocycles. The number of pyridine rings is 1. The predicted molar refractivity (Wildman–Crippen MR) is 142 cm³/mol. The van der Waals surface area contributed by atoms with Gasteiger partial charge in [0.25, 0.3) is 5.91 Å². The van der Waals surface area contributed by atoms with Crippen LogP contribution in [0.3, 0.4) is 0 Å². The van der Waals surface area contributed by atoms with E-state index in [4.69, 9.17) is 42.8 Å². The highest BCUT2D eigenvalue weighted by Gasteiger charge is 2.32. The van der Waals surface area contributed by atoms with E-state index in [-0.39, 0.29) is 22.9 Å². The first-order chi connectivity index (χ1) is 17.4. The Morgan fingerprint density at radius 1 is 1.36 bits per heavy atom. The normalized spacial score (nSPS) is 19.9. The number of thiocarbonyl (C=S) groups is 1. The molecule has 11 heteroatoms. The summed E-state index contributed by atoms with van der Waals surface area (Å²) in [6.07, 6.45) is 3.17. The Bertz CT molecular complexity index is 1160. The minimum Gasteiger partial charge on any atom is -0.493 e. The number of nitrogens with one attached hydrogen (secondary N) is 2. The molecule has 0 saturated carbocycles. The lowest BCUT2D eigenvalue weighted by molar-refractivity contribution is -0.117. The van der Waals surface area contributed by atoms with Crippen LogP contribution in [0.1, 0.15) is 6.92 Å². The van der Waals surface area contributed by atoms with Gasteiger partial charge in [-0.25, -0.2) is 0 Å². The van der Waals surface area contributed by atoms with Crippen molar-refractivity contribution in [3.63, 3.8) is 0 Å². The Morgan fingerprint density at radius 3 is 2.94 bits per heavy atom. The van der Waals surface area contributed by atoms with Crippen LogP contribution >= 0.6 is 23.8 Å². The maximum absolute atomic E-state index is 13.1. The first-order valence-electron chi connectivity index (χ1n) is 11.6. The van der Waals surface area contributed by atoms with E-state index in [2.05, 4.69) is 15.6 Å². The van der Waals surface area contributed by atoms with Gasteiger partial charge in [-0.1, -0.05) is 36.8 Å². The molecule has 1 amide bonds. The molecule has 0 bridgehead atoms. The van der Waals surface area contributed by atoms with Gasteiger partial charge in [-0.3, -0.25) is 9.78 Å². The van der Waals surface area contributed by atoms with E-state index >= 15 is 0 Å². The standard InChI is InChI=1S/C25H29ClN4O5S/c1-15-11-28-24(31)21(25(36)29-18-6-4-5-17(26)23(18)32-3)22(15)30(2)19-7-8-27-12-20(19)35-14-16-13-33-9-10-34-16/h4-8,12,15-16H,9-11,13-14H2,1-3H3,(H,28,31)(H,29,36). The van der Waals surface area contributed by atoms with Crippen molar-refractivity contribution in [3.8, 4) is 11.5 Å². The molecule has 36 heavy (non-hydrogen) atoms. The summed E-state index contributed by atoms with van der Waals surface area (Å²) in [6.45, 7) is 4.43. The monoisotopic (exact) mass is 532 g/mol. The highest BCUT2D eigenvalue weighted by Crippen LogP contribution is 2.36. The highest BCUT2D eigenvalue weighted by molar-refractivity contribution is 7.81. The molecule has 2 atom stereocenters. The molecular weight excluding hydrogens is 504 g/mol. The fourth-order valence-corrected chi connectivity index (χ4v) is 4.78. The summed E-state index contributed by atoms with van der Waals surface area (Å²) in [7, 11) is 3.41. The lowest BCUT2D eigenvalue weighted by Gasteiger charge is -2.34. The van der Waals surface area contributed by atoms with Crippen molar-refractivity contribution in [1.82, 2.24) is 10.3 Å². The Labute approximate surface area is 220 Å². The third kappa shape index (κ3) is 5.73. The molecule has 1 aromatic carbocycles. The summed E-state index contributed by atoms with van der Waals surface area (Å²) in [5.74, 6) is 0.715. The largest absolute Gasteiger partial charge is 0.493 e. The minimum absolute atomic E-state index is 0.0280. The van der Waals surface area contributed by atoms with E-state index in [0.29, 0.717) is 60.8 Å². The second-order valence-corrected chi connectivity index (χ2v) is 9.24. The number of para-hydroxylation sites is 1. The van der Waals surface area contributed by atoms with Gasteiger partial charge in [-0.2, -0.15) is 0 Å². The Kier molecular flexibility index (Phi) is 8.63. The molecule has 0 spiro atoms. The summed E-state index contributed by atoms with van der Waals surface area (Å²) < 4.78 is 22.6. The number of hydrogen-bond acceptors (Lipinski definition) is 8. The van der Waals surface area contributed by atoms with E-state index in [1.165, 1.54) is 7.11 Å². The van der Waals surface area contributed by atoms with Crippen LogP contribution in [0.4, 0.5) is 11.4 Å². The van der Waals surface area contributed by atoms with E-state index in [1.54, 1.807) is 30.6 Å². The number of hydrogen-bond donors (Lipinski definition) is 2. The van der Waals surface area contributed by atoms with Gasteiger partial charge in [0, 0.05) is 31.4 Å². The fraction of sp³-hybridized carbons (Fsp3) is 0.400. The number of anilines is 2. The SMILES string of the molecule is COc1c(Cl)cccc1NC(=S)C1=C(N(C)c2ccncc2OCC2COCCO2)C(C)CNC1=O. The van der Waals surface area contributed by atoms with Crippen LogP contribution in [-0.4, -0.2) is 69.1 Å². The minimum atomic E-state index is -0.266. The molecular formula is C25H29ClN4O5S. The lowest BCUT2D eigenvalue weighted by atomic mass is 9.95. The highest BCUT2D eigenvalue weighted by atomic mass is 35.5. The molecule has 9 nitrogen and oxygen atoms in total. The third-order valence-electron chi connectivity index (χ3n) is 5.96. The number of ether oxygens (including phenoxy) is 4. The van der Waals surface area contributed by atoms with Gasteiger partial charge in [0.05, 0.1) is 55.1 Å². The summed E-state index contributed by atoms with van der Waals surface area (Å²) in [5, 5.41) is 6.50. The molecule has 1 fully saturated rings. The van der Waals surface area contributed by atoms with E-state index in [0.717, 1.165) is 11.4 Å². The van der Waals surface area contributed by atoms with Crippen LogP contribution < -0.4 is 25.0 Å². The molecule has 3 heterocycles. The van der Waals surface area contributed by atoms with Gasteiger partial charge >= 0.3 is 0 Å². The van der Waals surface area contributed by atoms with Gasteiger partial charge < -0.3 is 34.5 Å². The number of methoxy groups -OCH3 is 1. The van der Waals surface area contributed by atoms with Gasteiger partial charge in [-0.15, -0.1) is 0 Å². The second kappa shape index (κ2) is 11.9. The van der Waals surface area contributed by atoms with Crippen molar-refractivity contribution in [2.75, 3.05) is 57.3 Å². The molecule has 2 N–H and O–H groups in total. The van der Waals surface area contributed by atoms with Crippen LogP contribution in [0.2, 0.25) is 5.02 Å². The zero-order valence-corrected chi connectivity index (χ0v) is 21.9. The van der Waals surface area contributed by atoms with Crippen molar-refractivity contribution >= 4 is 46.1 Å². The number of rotatable bonds is 8. The molecule has 2 aromatic rings. The summed E-state index contributed by atoms with van der Waals surface area (Å²) in [5.41, 5.74) is 2.43. The van der Waals surface area contributed by atoms with E-state index in [9.17, 15) is 4.79 Å². The first kappa shape index (κ1) is 26.2. The van der Waals surface area contributed by atoms with Crippen molar-refractivity contribution in [1.29, 1.82) is 0 Å². The number of carbonyl (C=O) groups excluding carboxylic acids is 1. The second-order valence-electron chi connectivity index (χ2n) is 8.43. The molecule has 1 saturated heterocycles. The van der Waals surface area contributed by atoms with E-state index in [1.807, 2.05) is 24.9 Å².